The van der Waals surface area contributed by atoms with Gasteiger partial charge in [0, 0.05) is 30.8 Å². The highest BCUT2D eigenvalue weighted by atomic mass is 19.1. The minimum absolute atomic E-state index is 0.0282. The van der Waals surface area contributed by atoms with Gasteiger partial charge in [-0.25, -0.2) is 4.39 Å². The van der Waals surface area contributed by atoms with E-state index in [-0.39, 0.29) is 11.9 Å². The lowest BCUT2D eigenvalue weighted by atomic mass is 10.1. The molecular weight excluding hydrogens is 470 g/mol. The summed E-state index contributed by atoms with van der Waals surface area (Å²) in [5, 5.41) is 10.2. The van der Waals surface area contributed by atoms with Gasteiger partial charge >= 0.3 is 0 Å². The summed E-state index contributed by atoms with van der Waals surface area (Å²) in [4.78, 5) is 4.78. The monoisotopic (exact) mass is 514 g/mol. The molecule has 0 aliphatic heterocycles. The summed E-state index contributed by atoms with van der Waals surface area (Å²) in [5.41, 5.74) is 5.87. The highest BCUT2D eigenvalue weighted by Gasteiger charge is 2.13. The van der Waals surface area contributed by atoms with Gasteiger partial charge < -0.3 is 15.2 Å². The van der Waals surface area contributed by atoms with E-state index in [2.05, 4.69) is 37.5 Å². The van der Waals surface area contributed by atoms with Crippen LogP contribution in [-0.2, 0) is 17.9 Å². The lowest BCUT2D eigenvalue weighted by Crippen LogP contribution is -2.22. The van der Waals surface area contributed by atoms with Gasteiger partial charge in [-0.3, -0.25) is 9.38 Å². The zero-order valence-electron chi connectivity index (χ0n) is 23.3. The standard InChI is InChI=1S/C29H37FN2O.CH3F.CH4O/c1-7-8-14-29(33-20-26-12-10-9-11-13-26)25(6)32-23(4)17-22(3)24(5)31-19-27-16-15-21(2)28(30)18-27;2*1-2/h9-13,15-18,29,31H,3,5,7-8,14,19-20H2,1-2,4,6H3;1H3;2H,1H3/b23-17-,32-25?;;. The molecule has 0 bridgehead atoms. The van der Waals surface area contributed by atoms with Crippen molar-refractivity contribution in [3.05, 3.63) is 107 Å². The van der Waals surface area contributed by atoms with E-state index in [9.17, 15) is 8.78 Å². The Bertz CT molecular complexity index is 1000. The molecule has 0 aliphatic carbocycles. The number of allylic oxidation sites excluding steroid dienone is 2. The highest BCUT2D eigenvalue weighted by Crippen LogP contribution is 2.15. The summed E-state index contributed by atoms with van der Waals surface area (Å²) in [5.74, 6) is -0.202. The molecule has 4 nitrogen and oxygen atoms in total. The Labute approximate surface area is 222 Å². The van der Waals surface area contributed by atoms with E-state index in [1.165, 1.54) is 0 Å². The van der Waals surface area contributed by atoms with Gasteiger partial charge in [0.25, 0.3) is 0 Å². The summed E-state index contributed by atoms with van der Waals surface area (Å²) in [6, 6.07) is 15.4. The minimum Gasteiger partial charge on any atom is -0.400 e. The molecule has 0 saturated heterocycles. The van der Waals surface area contributed by atoms with Gasteiger partial charge in [0.2, 0.25) is 0 Å². The Morgan fingerprint density at radius 1 is 1.08 bits per heavy atom. The zero-order valence-corrected chi connectivity index (χ0v) is 23.3. The van der Waals surface area contributed by atoms with Crippen LogP contribution >= 0.6 is 0 Å². The van der Waals surface area contributed by atoms with Crippen molar-refractivity contribution in [2.45, 2.75) is 66.2 Å². The smallest absolute Gasteiger partial charge is 0.126 e. The lowest BCUT2D eigenvalue weighted by Gasteiger charge is -2.18. The van der Waals surface area contributed by atoms with Gasteiger partial charge in [0.05, 0.1) is 19.9 Å². The topological polar surface area (TPSA) is 53.8 Å². The van der Waals surface area contributed by atoms with Crippen molar-refractivity contribution in [1.29, 1.82) is 0 Å². The van der Waals surface area contributed by atoms with E-state index >= 15 is 0 Å². The van der Waals surface area contributed by atoms with Crippen molar-refractivity contribution in [1.82, 2.24) is 5.32 Å². The van der Waals surface area contributed by atoms with Crippen LogP contribution in [0.15, 0.2) is 89.7 Å². The molecule has 0 radical (unpaired) electrons. The number of nitrogens with one attached hydrogen (secondary N) is 1. The van der Waals surface area contributed by atoms with Crippen LogP contribution in [-0.4, -0.2) is 31.2 Å². The lowest BCUT2D eigenvalue weighted by molar-refractivity contribution is 0.0771. The second kappa shape index (κ2) is 20.0. The van der Waals surface area contributed by atoms with Gasteiger partial charge in [0.1, 0.15) is 5.82 Å². The second-order valence-corrected chi connectivity index (χ2v) is 8.41. The molecule has 2 aromatic rings. The third-order valence-corrected chi connectivity index (χ3v) is 5.45. The number of nitrogens with zero attached hydrogens (tertiary/aromatic N) is 1. The van der Waals surface area contributed by atoms with E-state index in [0.29, 0.717) is 31.6 Å². The summed E-state index contributed by atoms with van der Waals surface area (Å²) >= 11 is 0. The third kappa shape index (κ3) is 13.7. The van der Waals surface area contributed by atoms with Crippen molar-refractivity contribution >= 4 is 5.71 Å². The second-order valence-electron chi connectivity index (χ2n) is 8.41. The Morgan fingerprint density at radius 2 is 1.73 bits per heavy atom. The third-order valence-electron chi connectivity index (χ3n) is 5.45. The average molecular weight is 515 g/mol. The number of hydrogen-bond acceptors (Lipinski definition) is 4. The van der Waals surface area contributed by atoms with E-state index < -0.39 is 0 Å². The number of aryl methyl sites for hydroxylation is 1. The molecule has 0 amide bonds. The molecule has 1 unspecified atom stereocenters. The maximum absolute atomic E-state index is 13.7. The Kier molecular flexibility index (Phi) is 18.4. The quantitative estimate of drug-likeness (QED) is 0.213. The molecule has 0 saturated carbocycles. The largest absolute Gasteiger partial charge is 0.400 e. The number of alkyl halides is 1. The Hall–Kier alpha value is -3.09. The Morgan fingerprint density at radius 3 is 2.32 bits per heavy atom. The van der Waals surface area contributed by atoms with Crippen LogP contribution in [0.3, 0.4) is 0 Å². The first kappa shape index (κ1) is 33.9. The van der Waals surface area contributed by atoms with Crippen molar-refractivity contribution in [2.24, 2.45) is 4.99 Å². The molecule has 37 heavy (non-hydrogen) atoms. The maximum atomic E-state index is 13.7. The first-order chi connectivity index (χ1) is 17.8. The van der Waals surface area contributed by atoms with Crippen LogP contribution in [0.2, 0.25) is 0 Å². The van der Waals surface area contributed by atoms with Crippen LogP contribution in [0.25, 0.3) is 0 Å². The molecule has 204 valence electrons. The van der Waals surface area contributed by atoms with Crippen LogP contribution in [0.1, 0.15) is 56.7 Å². The van der Waals surface area contributed by atoms with Crippen LogP contribution in [0.5, 0.6) is 0 Å². The number of unbranched alkanes of at least 4 members (excludes halogenated alkanes) is 1. The molecule has 0 spiro atoms. The molecule has 1 atom stereocenters. The van der Waals surface area contributed by atoms with Gasteiger partial charge in [-0.15, -0.1) is 0 Å². The molecule has 0 aliphatic rings. The molecule has 0 fully saturated rings. The zero-order chi connectivity index (χ0) is 28.2. The van der Waals surface area contributed by atoms with Gasteiger partial charge in [0.15, 0.2) is 0 Å². The maximum Gasteiger partial charge on any atom is 0.126 e. The SMILES string of the molecule is C=C(/C=C(/C)N=C(C)C(CCCC)OCc1ccccc1)C(=C)NCc1ccc(C)c(F)c1.CF.CO. The fourth-order valence-electron chi connectivity index (χ4n) is 3.36. The Balaban J connectivity index is 0.00000308. The molecule has 6 heteroatoms. The average Bonchev–Trinajstić information content (AvgIpc) is 2.91. The first-order valence-electron chi connectivity index (χ1n) is 12.4. The van der Waals surface area contributed by atoms with E-state index in [1.807, 2.05) is 44.2 Å². The van der Waals surface area contributed by atoms with E-state index in [4.69, 9.17) is 14.8 Å². The molecular formula is C31H44F2N2O2. The number of aliphatic hydroxyl groups excluding tert-OH is 1. The summed E-state index contributed by atoms with van der Waals surface area (Å²) < 4.78 is 29.5. The van der Waals surface area contributed by atoms with Gasteiger partial charge in [-0.2, -0.15) is 0 Å². The van der Waals surface area contributed by atoms with Crippen molar-refractivity contribution in [2.75, 3.05) is 14.3 Å². The van der Waals surface area contributed by atoms with Crippen LogP contribution in [0.4, 0.5) is 8.78 Å². The van der Waals surface area contributed by atoms with E-state index in [0.717, 1.165) is 54.5 Å². The fraction of sp³-hybridized carbons (Fsp3) is 0.387. The number of benzene rings is 2. The van der Waals surface area contributed by atoms with Crippen molar-refractivity contribution in [3.8, 4) is 0 Å². The molecule has 0 aromatic heterocycles. The van der Waals surface area contributed by atoms with Crippen molar-refractivity contribution in [3.63, 3.8) is 0 Å². The molecule has 2 N–H and O–H groups in total. The highest BCUT2D eigenvalue weighted by molar-refractivity contribution is 5.87. The number of aliphatic imine (C=N–C) groups is 1. The minimum atomic E-state index is -0.202. The number of ether oxygens (including phenoxy) is 1. The van der Waals surface area contributed by atoms with Crippen molar-refractivity contribution < 1.29 is 18.6 Å². The van der Waals surface area contributed by atoms with Crippen LogP contribution < -0.4 is 5.32 Å². The predicted molar refractivity (Wildman–Crippen MR) is 153 cm³/mol. The van der Waals surface area contributed by atoms with Crippen LogP contribution in [0, 0.1) is 12.7 Å². The van der Waals surface area contributed by atoms with Gasteiger partial charge in [-0.1, -0.05) is 75.4 Å². The number of aliphatic hydroxyl groups is 1. The fourth-order valence-corrected chi connectivity index (χ4v) is 3.36. The molecule has 2 aromatic carbocycles. The number of halogens is 2. The predicted octanol–water partition coefficient (Wildman–Crippen LogP) is 7.63. The summed E-state index contributed by atoms with van der Waals surface area (Å²) in [6.45, 7) is 17.1. The first-order valence-corrected chi connectivity index (χ1v) is 12.4. The van der Waals surface area contributed by atoms with E-state index in [1.54, 1.807) is 19.1 Å². The molecule has 2 rings (SSSR count). The summed E-state index contributed by atoms with van der Waals surface area (Å²) in [6.07, 6.45) is 5.01. The summed E-state index contributed by atoms with van der Waals surface area (Å²) in [7, 11) is 1.50. The normalized spacial score (nSPS) is 11.9. The number of rotatable bonds is 13. The number of hydrogen-bond donors (Lipinski definition) is 2. The van der Waals surface area contributed by atoms with Gasteiger partial charge in [-0.05, 0) is 61.6 Å². The molecule has 0 heterocycles.